The summed E-state index contributed by atoms with van der Waals surface area (Å²) >= 11 is 5.92. The second-order valence-electron chi connectivity index (χ2n) is 5.92. The molecule has 2 N–H and O–H groups in total. The summed E-state index contributed by atoms with van der Waals surface area (Å²) in [6.45, 7) is -1.43. The van der Waals surface area contributed by atoms with Crippen molar-refractivity contribution in [2.75, 3.05) is 11.9 Å². The summed E-state index contributed by atoms with van der Waals surface area (Å²) in [5.74, 6) is -1.08. The van der Waals surface area contributed by atoms with Gasteiger partial charge in [0.25, 0.3) is 11.8 Å². The van der Waals surface area contributed by atoms with Gasteiger partial charge in [-0.25, -0.2) is 0 Å². The van der Waals surface area contributed by atoms with Gasteiger partial charge in [-0.05, 0) is 36.4 Å². The van der Waals surface area contributed by atoms with Gasteiger partial charge in [-0.3, -0.25) is 9.59 Å². The van der Waals surface area contributed by atoms with Crippen molar-refractivity contribution in [2.24, 2.45) is 0 Å². The van der Waals surface area contributed by atoms with E-state index in [1.165, 1.54) is 30.3 Å². The first-order valence-electron chi connectivity index (χ1n) is 8.20. The minimum atomic E-state index is -4.49. The first-order chi connectivity index (χ1) is 13.7. The minimum absolute atomic E-state index is 0.0203. The van der Waals surface area contributed by atoms with E-state index < -0.39 is 24.5 Å². The normalized spacial score (nSPS) is 11.2. The van der Waals surface area contributed by atoms with Crippen molar-refractivity contribution in [1.29, 1.82) is 0 Å². The van der Waals surface area contributed by atoms with Crippen LogP contribution in [0.2, 0.25) is 5.02 Å². The molecule has 1 aromatic heterocycles. The smallest absolute Gasteiger partial charge is 0.355 e. The highest BCUT2D eigenvalue weighted by molar-refractivity contribution is 6.30. The molecule has 0 radical (unpaired) electrons. The third-order valence-corrected chi connectivity index (χ3v) is 3.94. The number of benzene rings is 2. The fraction of sp³-hybridized carbons (Fsp3) is 0.105. The quantitative estimate of drug-likeness (QED) is 0.631. The number of alkyl halides is 3. The van der Waals surface area contributed by atoms with E-state index in [2.05, 4.69) is 10.5 Å². The molecule has 10 heteroatoms. The molecule has 29 heavy (non-hydrogen) atoms. The molecule has 2 aromatic carbocycles. The highest BCUT2D eigenvalue weighted by Crippen LogP contribution is 2.24. The largest absolute Gasteiger partial charge is 0.405 e. The molecule has 0 saturated heterocycles. The molecule has 3 aromatic rings. The number of anilines is 1. The van der Waals surface area contributed by atoms with Crippen molar-refractivity contribution in [1.82, 2.24) is 10.5 Å². The summed E-state index contributed by atoms with van der Waals surface area (Å²) in [5, 5.41) is 8.54. The van der Waals surface area contributed by atoms with Gasteiger partial charge in [-0.1, -0.05) is 28.9 Å². The monoisotopic (exact) mass is 423 g/mol. The van der Waals surface area contributed by atoms with Gasteiger partial charge >= 0.3 is 6.18 Å². The van der Waals surface area contributed by atoms with Crippen molar-refractivity contribution in [3.8, 4) is 11.3 Å². The van der Waals surface area contributed by atoms with E-state index in [4.69, 9.17) is 16.1 Å². The molecule has 150 valence electrons. The zero-order valence-corrected chi connectivity index (χ0v) is 15.3. The number of hydrogen-bond acceptors (Lipinski definition) is 4. The Kier molecular flexibility index (Phi) is 5.88. The van der Waals surface area contributed by atoms with Gasteiger partial charge in [0, 0.05) is 27.9 Å². The van der Waals surface area contributed by atoms with E-state index in [1.54, 1.807) is 29.6 Å². The number of nitrogens with one attached hydrogen (secondary N) is 2. The SMILES string of the molecule is O=C(NCC(F)(F)F)c1ccc(NC(=O)c2cc(-c3cccc(Cl)c3)on2)cc1. The number of amides is 2. The highest BCUT2D eigenvalue weighted by Gasteiger charge is 2.27. The first-order valence-corrected chi connectivity index (χ1v) is 8.58. The Morgan fingerprint density at radius 1 is 1.03 bits per heavy atom. The van der Waals surface area contributed by atoms with Crippen LogP contribution in [0.1, 0.15) is 20.8 Å². The molecule has 0 fully saturated rings. The Balaban J connectivity index is 1.63. The van der Waals surface area contributed by atoms with Gasteiger partial charge in [0.15, 0.2) is 11.5 Å². The Hall–Kier alpha value is -3.33. The Bertz CT molecular complexity index is 1030. The van der Waals surface area contributed by atoms with Crippen LogP contribution in [0, 0.1) is 0 Å². The summed E-state index contributed by atoms with van der Waals surface area (Å²) in [6.07, 6.45) is -4.49. The molecule has 0 unspecified atom stereocenters. The average molecular weight is 424 g/mol. The molecular weight excluding hydrogens is 411 g/mol. The van der Waals surface area contributed by atoms with Crippen LogP contribution < -0.4 is 10.6 Å². The van der Waals surface area contributed by atoms with E-state index in [-0.39, 0.29) is 11.3 Å². The number of carbonyl (C=O) groups is 2. The molecule has 3 rings (SSSR count). The van der Waals surface area contributed by atoms with Crippen LogP contribution in [0.15, 0.2) is 59.1 Å². The van der Waals surface area contributed by atoms with Crippen molar-refractivity contribution in [3.63, 3.8) is 0 Å². The summed E-state index contributed by atoms with van der Waals surface area (Å²) < 4.78 is 41.6. The van der Waals surface area contributed by atoms with Gasteiger partial charge in [-0.2, -0.15) is 13.2 Å². The van der Waals surface area contributed by atoms with Gasteiger partial charge in [-0.15, -0.1) is 0 Å². The number of aromatic nitrogens is 1. The fourth-order valence-corrected chi connectivity index (χ4v) is 2.53. The van der Waals surface area contributed by atoms with Crippen LogP contribution in [-0.2, 0) is 0 Å². The van der Waals surface area contributed by atoms with Crippen molar-refractivity contribution < 1.29 is 27.3 Å². The van der Waals surface area contributed by atoms with Gasteiger partial charge in [0.2, 0.25) is 0 Å². The van der Waals surface area contributed by atoms with Crippen LogP contribution in [0.3, 0.4) is 0 Å². The van der Waals surface area contributed by atoms with Crippen LogP contribution in [0.25, 0.3) is 11.3 Å². The summed E-state index contributed by atoms with van der Waals surface area (Å²) in [7, 11) is 0. The number of halogens is 4. The van der Waals surface area contributed by atoms with E-state index >= 15 is 0 Å². The lowest BCUT2D eigenvalue weighted by atomic mass is 10.1. The number of hydrogen-bond donors (Lipinski definition) is 2. The zero-order valence-electron chi connectivity index (χ0n) is 14.6. The molecule has 0 bridgehead atoms. The van der Waals surface area contributed by atoms with Gasteiger partial charge < -0.3 is 15.2 Å². The minimum Gasteiger partial charge on any atom is -0.355 e. The molecular formula is C19H13ClF3N3O3. The lowest BCUT2D eigenvalue weighted by molar-refractivity contribution is -0.123. The standard InChI is InChI=1S/C19H13ClF3N3O3/c20-13-3-1-2-12(8-13)16-9-15(26-29-16)18(28)25-14-6-4-11(5-7-14)17(27)24-10-19(21,22)23/h1-9H,10H2,(H,24,27)(H,25,28). The predicted octanol–water partition coefficient (Wildman–Crippen LogP) is 4.54. The Morgan fingerprint density at radius 3 is 2.41 bits per heavy atom. The molecule has 0 aliphatic carbocycles. The van der Waals surface area contributed by atoms with E-state index in [0.717, 1.165) is 0 Å². The van der Waals surface area contributed by atoms with Crippen molar-refractivity contribution in [3.05, 3.63) is 70.9 Å². The lowest BCUT2D eigenvalue weighted by Crippen LogP contribution is -2.33. The van der Waals surface area contributed by atoms with Crippen molar-refractivity contribution >= 4 is 29.1 Å². The Morgan fingerprint density at radius 2 is 1.76 bits per heavy atom. The fourth-order valence-electron chi connectivity index (χ4n) is 2.34. The lowest BCUT2D eigenvalue weighted by Gasteiger charge is -2.09. The second kappa shape index (κ2) is 8.36. The average Bonchev–Trinajstić information content (AvgIpc) is 3.16. The molecule has 0 saturated carbocycles. The molecule has 0 atom stereocenters. The topological polar surface area (TPSA) is 84.2 Å². The number of carbonyl (C=O) groups excluding carboxylic acids is 2. The van der Waals surface area contributed by atoms with Crippen LogP contribution >= 0.6 is 11.6 Å². The van der Waals surface area contributed by atoms with Gasteiger partial charge in [0.1, 0.15) is 6.54 Å². The molecule has 0 spiro atoms. The number of nitrogens with zero attached hydrogens (tertiary/aromatic N) is 1. The molecule has 2 amide bonds. The third kappa shape index (κ3) is 5.58. The summed E-state index contributed by atoms with van der Waals surface area (Å²) in [4.78, 5) is 24.0. The maximum absolute atomic E-state index is 12.3. The van der Waals surface area contributed by atoms with E-state index in [0.29, 0.717) is 22.0 Å². The third-order valence-electron chi connectivity index (χ3n) is 3.71. The number of rotatable bonds is 5. The Labute approximate surface area is 167 Å². The molecule has 6 nitrogen and oxygen atoms in total. The molecule has 0 aliphatic heterocycles. The maximum Gasteiger partial charge on any atom is 0.405 e. The summed E-state index contributed by atoms with van der Waals surface area (Å²) in [6, 6.07) is 13.6. The highest BCUT2D eigenvalue weighted by atomic mass is 35.5. The van der Waals surface area contributed by atoms with Crippen molar-refractivity contribution in [2.45, 2.75) is 6.18 Å². The summed E-state index contributed by atoms with van der Waals surface area (Å²) in [5.41, 5.74) is 1.02. The van der Waals surface area contributed by atoms with E-state index in [1.807, 2.05) is 0 Å². The van der Waals surface area contributed by atoms with E-state index in [9.17, 15) is 22.8 Å². The first kappa shape index (κ1) is 20.4. The maximum atomic E-state index is 12.3. The van der Waals surface area contributed by atoms with Gasteiger partial charge in [0.05, 0.1) is 0 Å². The molecule has 0 aliphatic rings. The predicted molar refractivity (Wildman–Crippen MR) is 99.7 cm³/mol. The zero-order chi connectivity index (χ0) is 21.0. The van der Waals surface area contributed by atoms with Crippen LogP contribution in [0.4, 0.5) is 18.9 Å². The second-order valence-corrected chi connectivity index (χ2v) is 6.35. The molecule has 1 heterocycles. The van der Waals surface area contributed by atoms with Crippen LogP contribution in [-0.4, -0.2) is 29.7 Å². The van der Waals surface area contributed by atoms with Crippen LogP contribution in [0.5, 0.6) is 0 Å².